The fourth-order valence-electron chi connectivity index (χ4n) is 1.69. The van der Waals surface area contributed by atoms with Gasteiger partial charge in [-0.3, -0.25) is 4.98 Å². The standard InChI is InChI=1S/C13H8BrN3O3/c14-8-4-7(5-15-6-8)12-16-13(20-17-12)9-2-1-3-10(18)11(9)19/h1-6,18-19H. The number of rotatable bonds is 2. The Balaban J connectivity index is 2.04. The second-order valence-electron chi connectivity index (χ2n) is 3.99. The maximum atomic E-state index is 9.78. The first kappa shape index (κ1) is 12.6. The molecule has 0 radical (unpaired) electrons. The largest absolute Gasteiger partial charge is 0.504 e. The summed E-state index contributed by atoms with van der Waals surface area (Å²) in [4.78, 5) is 8.20. The maximum Gasteiger partial charge on any atom is 0.262 e. The lowest BCUT2D eigenvalue weighted by atomic mass is 10.2. The zero-order chi connectivity index (χ0) is 14.1. The number of nitrogens with zero attached hydrogens (tertiary/aromatic N) is 3. The Morgan fingerprint density at radius 2 is 2.00 bits per heavy atom. The van der Waals surface area contributed by atoms with Crippen molar-refractivity contribution in [2.24, 2.45) is 0 Å². The Bertz CT molecular complexity index is 773. The van der Waals surface area contributed by atoms with Crippen LogP contribution >= 0.6 is 15.9 Å². The lowest BCUT2D eigenvalue weighted by Gasteiger charge is -2.00. The molecule has 1 aromatic carbocycles. The molecule has 0 atom stereocenters. The number of para-hydroxylation sites is 1. The van der Waals surface area contributed by atoms with E-state index in [0.29, 0.717) is 11.4 Å². The van der Waals surface area contributed by atoms with Crippen molar-refractivity contribution in [3.05, 3.63) is 41.1 Å². The summed E-state index contributed by atoms with van der Waals surface area (Å²) in [5, 5.41) is 23.1. The van der Waals surface area contributed by atoms with Gasteiger partial charge in [0.05, 0.1) is 5.56 Å². The molecule has 2 N–H and O–H groups in total. The van der Waals surface area contributed by atoms with Gasteiger partial charge < -0.3 is 14.7 Å². The third-order valence-electron chi connectivity index (χ3n) is 2.63. The fourth-order valence-corrected chi connectivity index (χ4v) is 2.05. The number of aromatic nitrogens is 3. The second kappa shape index (κ2) is 4.93. The number of pyridine rings is 1. The van der Waals surface area contributed by atoms with Crippen LogP contribution in [0.2, 0.25) is 0 Å². The highest BCUT2D eigenvalue weighted by Gasteiger charge is 2.16. The van der Waals surface area contributed by atoms with Crippen LogP contribution in [-0.2, 0) is 0 Å². The molecule has 100 valence electrons. The maximum absolute atomic E-state index is 9.78. The summed E-state index contributed by atoms with van der Waals surface area (Å²) in [6.07, 6.45) is 3.24. The van der Waals surface area contributed by atoms with Gasteiger partial charge in [-0.15, -0.1) is 0 Å². The van der Waals surface area contributed by atoms with Crippen LogP contribution in [-0.4, -0.2) is 25.3 Å². The first-order chi connectivity index (χ1) is 9.65. The van der Waals surface area contributed by atoms with Crippen LogP contribution in [0.5, 0.6) is 11.5 Å². The highest BCUT2D eigenvalue weighted by atomic mass is 79.9. The first-order valence-electron chi connectivity index (χ1n) is 5.61. The van der Waals surface area contributed by atoms with E-state index in [4.69, 9.17) is 4.52 Å². The number of aromatic hydroxyl groups is 2. The molecule has 0 spiro atoms. The van der Waals surface area contributed by atoms with Gasteiger partial charge in [0.2, 0.25) is 5.82 Å². The number of benzene rings is 1. The molecule has 3 aromatic rings. The van der Waals surface area contributed by atoms with Gasteiger partial charge in [0, 0.05) is 22.4 Å². The average Bonchev–Trinajstić information content (AvgIpc) is 2.91. The molecule has 7 heteroatoms. The van der Waals surface area contributed by atoms with Crippen LogP contribution in [0.1, 0.15) is 0 Å². The van der Waals surface area contributed by atoms with Crippen molar-refractivity contribution in [3.8, 4) is 34.3 Å². The minimum atomic E-state index is -0.296. The molecule has 0 aliphatic rings. The topological polar surface area (TPSA) is 92.3 Å². The van der Waals surface area contributed by atoms with E-state index in [1.807, 2.05) is 0 Å². The van der Waals surface area contributed by atoms with Crippen molar-refractivity contribution in [3.63, 3.8) is 0 Å². The lowest BCUT2D eigenvalue weighted by molar-refractivity contribution is 0.397. The zero-order valence-electron chi connectivity index (χ0n) is 9.99. The molecule has 3 rings (SSSR count). The van der Waals surface area contributed by atoms with Crippen molar-refractivity contribution in [2.75, 3.05) is 0 Å². The highest BCUT2D eigenvalue weighted by molar-refractivity contribution is 9.10. The van der Waals surface area contributed by atoms with E-state index in [1.54, 1.807) is 30.6 Å². The van der Waals surface area contributed by atoms with Crippen LogP contribution in [0.25, 0.3) is 22.8 Å². The lowest BCUT2D eigenvalue weighted by Crippen LogP contribution is -1.83. The van der Waals surface area contributed by atoms with Gasteiger partial charge in [-0.05, 0) is 34.1 Å². The first-order valence-corrected chi connectivity index (χ1v) is 6.40. The van der Waals surface area contributed by atoms with E-state index >= 15 is 0 Å². The van der Waals surface area contributed by atoms with Gasteiger partial charge in [0.1, 0.15) is 0 Å². The highest BCUT2D eigenvalue weighted by Crippen LogP contribution is 2.35. The third kappa shape index (κ3) is 2.23. The van der Waals surface area contributed by atoms with Crippen LogP contribution in [0.15, 0.2) is 45.7 Å². The van der Waals surface area contributed by atoms with Crippen molar-refractivity contribution >= 4 is 15.9 Å². The average molecular weight is 334 g/mol. The van der Waals surface area contributed by atoms with E-state index in [9.17, 15) is 10.2 Å². The molecule has 2 heterocycles. The monoisotopic (exact) mass is 333 g/mol. The number of hydrogen-bond donors (Lipinski definition) is 2. The van der Waals surface area contributed by atoms with Gasteiger partial charge in [-0.1, -0.05) is 11.2 Å². The smallest absolute Gasteiger partial charge is 0.262 e. The quantitative estimate of drug-likeness (QED) is 0.700. The normalized spacial score (nSPS) is 10.7. The van der Waals surface area contributed by atoms with E-state index in [-0.39, 0.29) is 23.0 Å². The number of hydrogen-bond acceptors (Lipinski definition) is 6. The fraction of sp³-hybridized carbons (Fsp3) is 0. The zero-order valence-corrected chi connectivity index (χ0v) is 11.6. The molecular weight excluding hydrogens is 326 g/mol. The van der Waals surface area contributed by atoms with Crippen LogP contribution in [0, 0.1) is 0 Å². The predicted molar refractivity (Wildman–Crippen MR) is 74.0 cm³/mol. The van der Waals surface area contributed by atoms with Crippen LogP contribution < -0.4 is 0 Å². The molecule has 0 saturated carbocycles. The summed E-state index contributed by atoms with van der Waals surface area (Å²) in [6.45, 7) is 0. The Morgan fingerprint density at radius 3 is 2.80 bits per heavy atom. The minimum absolute atomic E-state index is 0.119. The predicted octanol–water partition coefficient (Wildman–Crippen LogP) is 2.97. The summed E-state index contributed by atoms with van der Waals surface area (Å²) < 4.78 is 5.90. The second-order valence-corrected chi connectivity index (χ2v) is 4.90. The van der Waals surface area contributed by atoms with Gasteiger partial charge in [0.15, 0.2) is 11.5 Å². The Labute approximate surface area is 121 Å². The van der Waals surface area contributed by atoms with Gasteiger partial charge in [-0.2, -0.15) is 4.98 Å². The van der Waals surface area contributed by atoms with Crippen molar-refractivity contribution < 1.29 is 14.7 Å². The number of phenolic OH excluding ortho intramolecular Hbond substituents is 2. The van der Waals surface area contributed by atoms with Crippen molar-refractivity contribution in [1.82, 2.24) is 15.1 Å². The Kier molecular flexibility index (Phi) is 3.11. The van der Waals surface area contributed by atoms with Crippen LogP contribution in [0.4, 0.5) is 0 Å². The molecule has 20 heavy (non-hydrogen) atoms. The molecule has 0 unspecified atom stereocenters. The van der Waals surface area contributed by atoms with Crippen molar-refractivity contribution in [1.29, 1.82) is 0 Å². The van der Waals surface area contributed by atoms with E-state index in [1.165, 1.54) is 6.07 Å². The molecule has 0 amide bonds. The molecule has 0 aliphatic carbocycles. The summed E-state index contributed by atoms with van der Waals surface area (Å²) in [5.41, 5.74) is 0.945. The minimum Gasteiger partial charge on any atom is -0.504 e. The number of phenols is 2. The molecular formula is C13H8BrN3O3. The van der Waals surface area contributed by atoms with E-state index < -0.39 is 0 Å². The summed E-state index contributed by atoms with van der Waals surface area (Å²) in [6, 6.07) is 6.32. The Hall–Kier alpha value is -2.41. The molecule has 0 saturated heterocycles. The molecule has 0 bridgehead atoms. The summed E-state index contributed by atoms with van der Waals surface area (Å²) in [7, 11) is 0. The summed E-state index contributed by atoms with van der Waals surface area (Å²) in [5.74, 6) is -0.0774. The van der Waals surface area contributed by atoms with Gasteiger partial charge in [0.25, 0.3) is 5.89 Å². The van der Waals surface area contributed by atoms with Gasteiger partial charge in [-0.25, -0.2) is 0 Å². The molecule has 6 nitrogen and oxygen atoms in total. The molecule has 0 fully saturated rings. The van der Waals surface area contributed by atoms with E-state index in [0.717, 1.165) is 4.47 Å². The van der Waals surface area contributed by atoms with Gasteiger partial charge >= 0.3 is 0 Å². The van der Waals surface area contributed by atoms with E-state index in [2.05, 4.69) is 31.1 Å². The third-order valence-corrected chi connectivity index (χ3v) is 3.07. The molecule has 0 aliphatic heterocycles. The number of halogens is 1. The van der Waals surface area contributed by atoms with Crippen molar-refractivity contribution in [2.45, 2.75) is 0 Å². The Morgan fingerprint density at radius 1 is 1.15 bits per heavy atom. The van der Waals surface area contributed by atoms with Crippen LogP contribution in [0.3, 0.4) is 0 Å². The summed E-state index contributed by atoms with van der Waals surface area (Å²) >= 11 is 3.31. The SMILES string of the molecule is Oc1cccc(-c2nc(-c3cncc(Br)c3)no2)c1O. The molecule has 2 aromatic heterocycles.